The van der Waals surface area contributed by atoms with Gasteiger partial charge in [-0.15, -0.1) is 0 Å². The Balaban J connectivity index is 1.32. The van der Waals surface area contributed by atoms with Crippen LogP contribution in [-0.2, 0) is 0 Å². The van der Waals surface area contributed by atoms with Crippen molar-refractivity contribution < 1.29 is 14.1 Å². The molecule has 0 atom stereocenters. The number of benzene rings is 2. The molecule has 0 radical (unpaired) electrons. The monoisotopic (exact) mass is 514 g/mol. The van der Waals surface area contributed by atoms with Crippen molar-refractivity contribution >= 4 is 23.2 Å². The van der Waals surface area contributed by atoms with E-state index in [-0.39, 0.29) is 5.91 Å². The number of hydrogen-bond acceptors (Lipinski definition) is 7. The van der Waals surface area contributed by atoms with Crippen molar-refractivity contribution in [3.05, 3.63) is 94.2 Å². The third-order valence-electron chi connectivity index (χ3n) is 6.05. The zero-order valence-electron chi connectivity index (χ0n) is 20.6. The van der Waals surface area contributed by atoms with Crippen molar-refractivity contribution in [1.82, 2.24) is 24.9 Å². The van der Waals surface area contributed by atoms with Crippen LogP contribution in [0.15, 0.2) is 65.4 Å². The number of nitrogens with one attached hydrogen (secondary N) is 1. The second-order valence-electron chi connectivity index (χ2n) is 8.44. The van der Waals surface area contributed by atoms with Crippen LogP contribution in [0.25, 0.3) is 17.1 Å². The van der Waals surface area contributed by atoms with Gasteiger partial charge in [0, 0.05) is 23.0 Å². The number of aromatic nitrogens is 5. The molecule has 2 aromatic carbocycles. The van der Waals surface area contributed by atoms with Crippen molar-refractivity contribution in [2.45, 2.75) is 27.7 Å². The summed E-state index contributed by atoms with van der Waals surface area (Å²) in [5.74, 6) is 1.57. The van der Waals surface area contributed by atoms with Crippen molar-refractivity contribution in [1.29, 1.82) is 0 Å². The van der Waals surface area contributed by atoms with E-state index in [0.717, 1.165) is 17.0 Å². The van der Waals surface area contributed by atoms with Gasteiger partial charge in [0.1, 0.15) is 29.1 Å². The molecule has 0 aliphatic rings. The standard InChI is InChI=1S/C27H23ClN6O3/c1-15-16(2)32-34(17(15)3)23-13-24(30-14-29-23)36-20-11-9-19(10-12-20)31-27(35)25-18(4)37-33-26(25)21-7-5-6-8-22(21)28/h5-14H,1-4H3,(H,31,35). The molecule has 3 aromatic heterocycles. The Morgan fingerprint density at radius 2 is 1.78 bits per heavy atom. The summed E-state index contributed by atoms with van der Waals surface area (Å²) in [6.45, 7) is 7.65. The molecule has 1 N–H and O–H groups in total. The number of amides is 1. The Hall–Kier alpha value is -4.50. The number of rotatable bonds is 6. The Labute approximate surface area is 218 Å². The molecule has 186 valence electrons. The van der Waals surface area contributed by atoms with Crippen LogP contribution in [0, 0.1) is 27.7 Å². The van der Waals surface area contributed by atoms with Crippen molar-refractivity contribution in [2.75, 3.05) is 5.32 Å². The van der Waals surface area contributed by atoms with Crippen LogP contribution in [0.5, 0.6) is 11.6 Å². The fraction of sp³-hybridized carbons (Fsp3) is 0.148. The minimum absolute atomic E-state index is 0.321. The number of hydrogen-bond donors (Lipinski definition) is 1. The molecule has 3 heterocycles. The number of carbonyl (C=O) groups excluding carboxylic acids is 1. The summed E-state index contributed by atoms with van der Waals surface area (Å²) in [5, 5.41) is 11.9. The van der Waals surface area contributed by atoms with E-state index in [1.165, 1.54) is 6.33 Å². The van der Waals surface area contributed by atoms with Crippen LogP contribution in [0.4, 0.5) is 5.69 Å². The number of carbonyl (C=O) groups is 1. The topological polar surface area (TPSA) is 108 Å². The van der Waals surface area contributed by atoms with E-state index in [9.17, 15) is 4.79 Å². The van der Waals surface area contributed by atoms with Crippen LogP contribution < -0.4 is 10.1 Å². The largest absolute Gasteiger partial charge is 0.439 e. The van der Waals surface area contributed by atoms with Crippen LogP contribution in [0.3, 0.4) is 0 Å². The van der Waals surface area contributed by atoms with E-state index in [0.29, 0.717) is 50.7 Å². The Morgan fingerprint density at radius 1 is 1.03 bits per heavy atom. The molecule has 5 aromatic rings. The molecule has 0 bridgehead atoms. The molecule has 37 heavy (non-hydrogen) atoms. The summed E-state index contributed by atoms with van der Waals surface area (Å²) in [7, 11) is 0. The first-order chi connectivity index (χ1) is 17.8. The van der Waals surface area contributed by atoms with E-state index >= 15 is 0 Å². The van der Waals surface area contributed by atoms with E-state index in [2.05, 4.69) is 25.5 Å². The second kappa shape index (κ2) is 9.87. The molecule has 0 fully saturated rings. The van der Waals surface area contributed by atoms with Gasteiger partial charge in [-0.3, -0.25) is 4.79 Å². The van der Waals surface area contributed by atoms with Gasteiger partial charge in [0.05, 0.1) is 10.7 Å². The van der Waals surface area contributed by atoms with Gasteiger partial charge in [0.25, 0.3) is 5.91 Å². The third kappa shape index (κ3) is 4.81. The summed E-state index contributed by atoms with van der Waals surface area (Å²) in [5.41, 5.74) is 4.96. The summed E-state index contributed by atoms with van der Waals surface area (Å²) >= 11 is 6.31. The Bertz CT molecular complexity index is 1610. The molecule has 0 unspecified atom stereocenters. The molecular weight excluding hydrogens is 492 g/mol. The number of nitrogens with zero attached hydrogens (tertiary/aromatic N) is 5. The van der Waals surface area contributed by atoms with Crippen molar-refractivity contribution in [3.8, 4) is 28.7 Å². The summed E-state index contributed by atoms with van der Waals surface area (Å²) in [4.78, 5) is 21.6. The molecule has 9 nitrogen and oxygen atoms in total. The molecule has 5 rings (SSSR count). The molecular formula is C27H23ClN6O3. The number of ether oxygens (including phenoxy) is 1. The van der Waals surface area contributed by atoms with Crippen molar-refractivity contribution in [3.63, 3.8) is 0 Å². The maximum atomic E-state index is 13.1. The Morgan fingerprint density at radius 3 is 2.49 bits per heavy atom. The van der Waals surface area contributed by atoms with Gasteiger partial charge < -0.3 is 14.6 Å². The molecule has 10 heteroatoms. The van der Waals surface area contributed by atoms with Gasteiger partial charge in [-0.2, -0.15) is 5.10 Å². The molecule has 0 saturated heterocycles. The van der Waals surface area contributed by atoms with Crippen LogP contribution in [0.2, 0.25) is 5.02 Å². The number of anilines is 1. The zero-order chi connectivity index (χ0) is 26.1. The zero-order valence-corrected chi connectivity index (χ0v) is 21.4. The highest BCUT2D eigenvalue weighted by molar-refractivity contribution is 6.33. The predicted molar refractivity (Wildman–Crippen MR) is 140 cm³/mol. The van der Waals surface area contributed by atoms with Crippen LogP contribution in [0.1, 0.15) is 33.1 Å². The molecule has 1 amide bonds. The quantitative estimate of drug-likeness (QED) is 0.285. The van der Waals surface area contributed by atoms with E-state index < -0.39 is 0 Å². The summed E-state index contributed by atoms with van der Waals surface area (Å²) in [6, 6.07) is 15.8. The lowest BCUT2D eigenvalue weighted by Crippen LogP contribution is -2.13. The normalized spacial score (nSPS) is 10.9. The Kier molecular flexibility index (Phi) is 6.45. The van der Waals surface area contributed by atoms with E-state index in [1.54, 1.807) is 54.1 Å². The van der Waals surface area contributed by atoms with Gasteiger partial charge >= 0.3 is 0 Å². The van der Waals surface area contributed by atoms with Gasteiger partial charge in [0.2, 0.25) is 5.88 Å². The third-order valence-corrected chi connectivity index (χ3v) is 6.38. The van der Waals surface area contributed by atoms with Gasteiger partial charge in [-0.05, 0) is 63.6 Å². The second-order valence-corrected chi connectivity index (χ2v) is 8.85. The first kappa shape index (κ1) is 24.2. The summed E-state index contributed by atoms with van der Waals surface area (Å²) in [6.07, 6.45) is 1.43. The lowest BCUT2D eigenvalue weighted by atomic mass is 10.1. The van der Waals surface area contributed by atoms with E-state index in [1.807, 2.05) is 32.9 Å². The SMILES string of the molecule is Cc1nn(-c2cc(Oc3ccc(NC(=O)c4c(-c5ccccc5Cl)noc4C)cc3)ncn2)c(C)c1C. The van der Waals surface area contributed by atoms with Gasteiger partial charge in [-0.25, -0.2) is 14.6 Å². The highest BCUT2D eigenvalue weighted by atomic mass is 35.5. The highest BCUT2D eigenvalue weighted by Gasteiger charge is 2.23. The maximum Gasteiger partial charge on any atom is 0.261 e. The van der Waals surface area contributed by atoms with E-state index in [4.69, 9.17) is 20.9 Å². The minimum Gasteiger partial charge on any atom is -0.439 e. The first-order valence-electron chi connectivity index (χ1n) is 11.5. The fourth-order valence-corrected chi connectivity index (χ4v) is 4.07. The number of halogens is 1. The lowest BCUT2D eigenvalue weighted by Gasteiger charge is -2.09. The van der Waals surface area contributed by atoms with Crippen LogP contribution in [-0.4, -0.2) is 30.8 Å². The molecule has 0 aliphatic carbocycles. The summed E-state index contributed by atoms with van der Waals surface area (Å²) < 4.78 is 13.0. The molecule has 0 saturated carbocycles. The number of aryl methyl sites for hydroxylation is 2. The first-order valence-corrected chi connectivity index (χ1v) is 11.9. The maximum absolute atomic E-state index is 13.1. The molecule has 0 aliphatic heterocycles. The highest BCUT2D eigenvalue weighted by Crippen LogP contribution is 2.32. The molecule has 0 spiro atoms. The van der Waals surface area contributed by atoms with Crippen LogP contribution >= 0.6 is 11.6 Å². The predicted octanol–water partition coefficient (Wildman–Crippen LogP) is 6.25. The minimum atomic E-state index is -0.358. The van der Waals surface area contributed by atoms with Gasteiger partial charge in [0.15, 0.2) is 5.82 Å². The van der Waals surface area contributed by atoms with Crippen molar-refractivity contribution in [2.24, 2.45) is 0 Å². The average Bonchev–Trinajstić information content (AvgIpc) is 3.40. The lowest BCUT2D eigenvalue weighted by molar-refractivity contribution is 0.102. The fourth-order valence-electron chi connectivity index (χ4n) is 3.84. The average molecular weight is 515 g/mol. The van der Waals surface area contributed by atoms with Gasteiger partial charge in [-0.1, -0.05) is 35.0 Å². The smallest absolute Gasteiger partial charge is 0.261 e.